The van der Waals surface area contributed by atoms with E-state index in [9.17, 15) is 13.6 Å². The fraction of sp³-hybridized carbons (Fsp3) is 0.267. The van der Waals surface area contributed by atoms with Gasteiger partial charge in [-0.3, -0.25) is 4.79 Å². The molecule has 0 saturated carbocycles. The molecule has 1 aliphatic rings. The molecule has 3 nitrogen and oxygen atoms in total. The zero-order valence-corrected chi connectivity index (χ0v) is 12.0. The summed E-state index contributed by atoms with van der Waals surface area (Å²) in [7, 11) is 0. The van der Waals surface area contributed by atoms with Crippen LogP contribution in [0.2, 0.25) is 0 Å². The van der Waals surface area contributed by atoms with E-state index >= 15 is 0 Å². The smallest absolute Gasteiger partial charge is 0.254 e. The number of hydrogen-bond acceptors (Lipinski definition) is 3. The van der Waals surface area contributed by atoms with Crippen LogP contribution in [0.4, 0.5) is 14.5 Å². The van der Waals surface area contributed by atoms with Crippen LogP contribution in [0.3, 0.4) is 0 Å². The lowest BCUT2D eigenvalue weighted by molar-refractivity contribution is 0.0947. The Kier molecular flexibility index (Phi) is 3.63. The monoisotopic (exact) mass is 308 g/mol. The molecule has 21 heavy (non-hydrogen) atoms. The van der Waals surface area contributed by atoms with Crippen molar-refractivity contribution in [2.75, 3.05) is 5.73 Å². The Morgan fingerprint density at radius 1 is 1.29 bits per heavy atom. The van der Waals surface area contributed by atoms with E-state index in [1.54, 1.807) is 11.3 Å². The first-order chi connectivity index (χ1) is 10.0. The van der Waals surface area contributed by atoms with Crippen molar-refractivity contribution in [2.24, 2.45) is 0 Å². The van der Waals surface area contributed by atoms with Crippen LogP contribution in [0.25, 0.3) is 0 Å². The summed E-state index contributed by atoms with van der Waals surface area (Å²) in [5.41, 5.74) is 5.93. The highest BCUT2D eigenvalue weighted by molar-refractivity contribution is 7.12. The number of carbonyl (C=O) groups is 1. The van der Waals surface area contributed by atoms with Gasteiger partial charge in [0.1, 0.15) is 5.82 Å². The normalized spacial score (nSPS) is 13.2. The highest BCUT2D eigenvalue weighted by Crippen LogP contribution is 2.30. The van der Waals surface area contributed by atoms with Gasteiger partial charge < -0.3 is 11.1 Å². The number of thiophene rings is 1. The van der Waals surface area contributed by atoms with E-state index in [0.717, 1.165) is 29.9 Å². The zero-order valence-electron chi connectivity index (χ0n) is 11.2. The third-order valence-electron chi connectivity index (χ3n) is 3.53. The van der Waals surface area contributed by atoms with Gasteiger partial charge in [0.25, 0.3) is 5.91 Å². The Morgan fingerprint density at radius 3 is 2.86 bits per heavy atom. The Morgan fingerprint density at radius 2 is 2.10 bits per heavy atom. The van der Waals surface area contributed by atoms with Gasteiger partial charge in [-0.15, -0.1) is 11.3 Å². The van der Waals surface area contributed by atoms with Crippen molar-refractivity contribution in [1.29, 1.82) is 0 Å². The second-order valence-corrected chi connectivity index (χ2v) is 6.28. The Balaban J connectivity index is 1.71. The lowest BCUT2D eigenvalue weighted by Gasteiger charge is -2.07. The van der Waals surface area contributed by atoms with Crippen LogP contribution >= 0.6 is 11.3 Å². The van der Waals surface area contributed by atoms with Gasteiger partial charge in [0.2, 0.25) is 0 Å². The van der Waals surface area contributed by atoms with E-state index in [-0.39, 0.29) is 11.3 Å². The topological polar surface area (TPSA) is 55.1 Å². The summed E-state index contributed by atoms with van der Waals surface area (Å²) in [5.74, 6) is -2.27. The Bertz CT molecular complexity index is 690. The fourth-order valence-electron chi connectivity index (χ4n) is 2.52. The number of aryl methyl sites for hydroxylation is 2. The number of benzene rings is 1. The summed E-state index contributed by atoms with van der Waals surface area (Å²) < 4.78 is 27.0. The Hall–Kier alpha value is -1.95. The largest absolute Gasteiger partial charge is 0.396 e. The molecule has 1 heterocycles. The standard InChI is InChI=1S/C15H14F2N2OS/c16-9-5-11(14(17)12(18)6-9)15(20)19-7-10-4-8-2-1-3-13(8)21-10/h4-6H,1-3,7,18H2,(H,19,20). The molecule has 0 aliphatic heterocycles. The third-order valence-corrected chi connectivity index (χ3v) is 4.77. The molecule has 1 aliphatic carbocycles. The van der Waals surface area contributed by atoms with Crippen LogP contribution in [0.15, 0.2) is 18.2 Å². The first-order valence-electron chi connectivity index (χ1n) is 6.68. The summed E-state index contributed by atoms with van der Waals surface area (Å²) in [5, 5.41) is 2.61. The Labute approximate surface area is 124 Å². The van der Waals surface area contributed by atoms with E-state index in [2.05, 4.69) is 11.4 Å². The molecule has 3 rings (SSSR count). The van der Waals surface area contributed by atoms with Crippen LogP contribution < -0.4 is 11.1 Å². The summed E-state index contributed by atoms with van der Waals surface area (Å²) in [6, 6.07) is 3.79. The van der Waals surface area contributed by atoms with Crippen LogP contribution in [0.5, 0.6) is 0 Å². The number of carbonyl (C=O) groups excluding carboxylic acids is 1. The molecule has 0 unspecified atom stereocenters. The molecular formula is C15H14F2N2OS. The van der Waals surface area contributed by atoms with E-state index in [0.29, 0.717) is 6.54 Å². The van der Waals surface area contributed by atoms with Gasteiger partial charge >= 0.3 is 0 Å². The van der Waals surface area contributed by atoms with Gasteiger partial charge in [-0.05, 0) is 43.0 Å². The highest BCUT2D eigenvalue weighted by Gasteiger charge is 2.18. The minimum absolute atomic E-state index is 0.312. The lowest BCUT2D eigenvalue weighted by Crippen LogP contribution is -2.24. The number of hydrogen-bond donors (Lipinski definition) is 2. The molecule has 3 N–H and O–H groups in total. The maximum absolute atomic E-state index is 13.7. The zero-order chi connectivity index (χ0) is 15.0. The predicted octanol–water partition coefficient (Wildman–Crippen LogP) is 3.03. The maximum Gasteiger partial charge on any atom is 0.254 e. The number of fused-ring (bicyclic) bond motifs is 1. The molecule has 1 amide bonds. The molecule has 1 aromatic carbocycles. The average molecular weight is 308 g/mol. The molecular weight excluding hydrogens is 294 g/mol. The number of anilines is 1. The highest BCUT2D eigenvalue weighted by atomic mass is 32.1. The predicted molar refractivity (Wildman–Crippen MR) is 78.3 cm³/mol. The van der Waals surface area contributed by atoms with Crippen molar-refractivity contribution < 1.29 is 13.6 Å². The van der Waals surface area contributed by atoms with Gasteiger partial charge in [0, 0.05) is 9.75 Å². The molecule has 0 radical (unpaired) electrons. The summed E-state index contributed by atoms with van der Waals surface area (Å²) in [6.07, 6.45) is 3.35. The summed E-state index contributed by atoms with van der Waals surface area (Å²) >= 11 is 1.66. The fourth-order valence-corrected chi connectivity index (χ4v) is 3.72. The third kappa shape index (κ3) is 2.76. The minimum atomic E-state index is -0.887. The van der Waals surface area contributed by atoms with Crippen LogP contribution in [-0.2, 0) is 19.4 Å². The molecule has 0 saturated heterocycles. The quantitative estimate of drug-likeness (QED) is 0.856. The van der Waals surface area contributed by atoms with Crippen molar-refractivity contribution in [3.05, 3.63) is 50.7 Å². The van der Waals surface area contributed by atoms with Crippen molar-refractivity contribution in [3.63, 3.8) is 0 Å². The average Bonchev–Trinajstić information content (AvgIpc) is 3.01. The minimum Gasteiger partial charge on any atom is -0.396 e. The van der Waals surface area contributed by atoms with E-state index in [1.165, 1.54) is 16.9 Å². The second kappa shape index (κ2) is 5.44. The van der Waals surface area contributed by atoms with Crippen molar-refractivity contribution >= 4 is 22.9 Å². The number of amides is 1. The SMILES string of the molecule is Nc1cc(F)cc(C(=O)NCc2cc3c(s2)CCC3)c1F. The van der Waals surface area contributed by atoms with Crippen LogP contribution in [0, 0.1) is 11.6 Å². The summed E-state index contributed by atoms with van der Waals surface area (Å²) in [6.45, 7) is 0.312. The molecule has 110 valence electrons. The van der Waals surface area contributed by atoms with Gasteiger partial charge in [-0.2, -0.15) is 0 Å². The van der Waals surface area contributed by atoms with Crippen molar-refractivity contribution in [1.82, 2.24) is 5.32 Å². The van der Waals surface area contributed by atoms with E-state index in [4.69, 9.17) is 5.73 Å². The number of nitrogen functional groups attached to an aromatic ring is 1. The van der Waals surface area contributed by atoms with Gasteiger partial charge in [-0.25, -0.2) is 8.78 Å². The molecule has 2 aromatic rings. The molecule has 6 heteroatoms. The van der Waals surface area contributed by atoms with Gasteiger partial charge in [-0.1, -0.05) is 0 Å². The summed E-state index contributed by atoms with van der Waals surface area (Å²) in [4.78, 5) is 14.3. The van der Waals surface area contributed by atoms with Crippen LogP contribution in [-0.4, -0.2) is 5.91 Å². The maximum atomic E-state index is 13.7. The first-order valence-corrected chi connectivity index (χ1v) is 7.49. The van der Waals surface area contributed by atoms with Crippen molar-refractivity contribution in [3.8, 4) is 0 Å². The molecule has 0 bridgehead atoms. The van der Waals surface area contributed by atoms with E-state index < -0.39 is 17.5 Å². The number of rotatable bonds is 3. The molecule has 1 aromatic heterocycles. The second-order valence-electron chi connectivity index (χ2n) is 5.05. The van der Waals surface area contributed by atoms with E-state index in [1.807, 2.05) is 0 Å². The number of nitrogens with one attached hydrogen (secondary N) is 1. The van der Waals surface area contributed by atoms with Gasteiger partial charge in [0.15, 0.2) is 5.82 Å². The lowest BCUT2D eigenvalue weighted by atomic mass is 10.1. The van der Waals surface area contributed by atoms with Crippen molar-refractivity contribution in [2.45, 2.75) is 25.8 Å². The van der Waals surface area contributed by atoms with Gasteiger partial charge in [0.05, 0.1) is 17.8 Å². The molecule has 0 spiro atoms. The number of nitrogens with two attached hydrogens (primary N) is 1. The molecule has 0 fully saturated rings. The molecule has 0 atom stereocenters. The number of halogens is 2. The first kappa shape index (κ1) is 14.0. The van der Waals surface area contributed by atoms with Crippen LogP contribution in [0.1, 0.15) is 32.1 Å².